The lowest BCUT2D eigenvalue weighted by molar-refractivity contribution is -0.116. The number of nitrogens with one attached hydrogen (secondary N) is 1. The average Bonchev–Trinajstić information content (AvgIpc) is 2.77. The van der Waals surface area contributed by atoms with E-state index in [1.54, 1.807) is 19.0 Å². The maximum absolute atomic E-state index is 12.5. The van der Waals surface area contributed by atoms with E-state index in [0.29, 0.717) is 18.4 Å². The van der Waals surface area contributed by atoms with E-state index in [4.69, 9.17) is 0 Å². The first-order valence-electron chi connectivity index (χ1n) is 10.9. The molecule has 4 heteroatoms. The fourth-order valence-electron chi connectivity index (χ4n) is 3.52. The third-order valence-electron chi connectivity index (χ3n) is 5.46. The summed E-state index contributed by atoms with van der Waals surface area (Å²) in [5.74, 6) is -0.0505. The van der Waals surface area contributed by atoms with Crippen molar-refractivity contribution in [3.8, 4) is 11.1 Å². The van der Waals surface area contributed by atoms with Gasteiger partial charge in [-0.25, -0.2) is 0 Å². The molecule has 0 aromatic heterocycles. The Balaban J connectivity index is 1.64. The number of carbonyl (C=O) groups is 2. The number of amides is 2. The molecule has 0 aliphatic heterocycles. The zero-order valence-corrected chi connectivity index (χ0v) is 19.6. The smallest absolute Gasteiger partial charge is 0.253 e. The Kier molecular flexibility index (Phi) is 7.14. The quantitative estimate of drug-likeness (QED) is 0.529. The van der Waals surface area contributed by atoms with E-state index in [0.717, 1.165) is 22.4 Å². The van der Waals surface area contributed by atoms with Gasteiger partial charge in [0.15, 0.2) is 0 Å². The minimum absolute atomic E-state index is 0.0152. The summed E-state index contributed by atoms with van der Waals surface area (Å²) >= 11 is 0. The van der Waals surface area contributed by atoms with Crippen LogP contribution < -0.4 is 5.32 Å². The van der Waals surface area contributed by atoms with Gasteiger partial charge in [-0.3, -0.25) is 9.59 Å². The average molecular weight is 429 g/mol. The van der Waals surface area contributed by atoms with Crippen LogP contribution in [0.3, 0.4) is 0 Å². The van der Waals surface area contributed by atoms with Crippen molar-refractivity contribution in [2.75, 3.05) is 19.4 Å². The van der Waals surface area contributed by atoms with Gasteiger partial charge in [0.2, 0.25) is 5.91 Å². The Hall–Kier alpha value is -3.40. The lowest BCUT2D eigenvalue weighted by Gasteiger charge is -2.19. The highest BCUT2D eigenvalue weighted by Gasteiger charge is 2.13. The Morgan fingerprint density at radius 1 is 0.844 bits per heavy atom. The van der Waals surface area contributed by atoms with Gasteiger partial charge in [-0.15, -0.1) is 0 Å². The Bertz CT molecular complexity index is 1090. The maximum Gasteiger partial charge on any atom is 0.253 e. The predicted molar refractivity (Wildman–Crippen MR) is 132 cm³/mol. The van der Waals surface area contributed by atoms with Crippen molar-refractivity contribution in [3.05, 3.63) is 89.5 Å². The van der Waals surface area contributed by atoms with Crippen molar-refractivity contribution in [2.24, 2.45) is 0 Å². The van der Waals surface area contributed by atoms with Crippen molar-refractivity contribution in [1.29, 1.82) is 0 Å². The Labute approximate surface area is 191 Å². The van der Waals surface area contributed by atoms with E-state index in [1.165, 1.54) is 5.56 Å². The molecule has 0 aliphatic rings. The highest BCUT2D eigenvalue weighted by molar-refractivity contribution is 5.95. The summed E-state index contributed by atoms with van der Waals surface area (Å²) < 4.78 is 0. The standard InChI is InChI=1S/C28H32N2O2/c1-28(2,3)24-15-12-20(13-16-24)14-17-26(31)29-25-11-7-9-22(19-25)21-8-6-10-23(18-21)27(32)30(4)5/h6-13,15-16,18-19H,14,17H2,1-5H3,(H,29,31). The normalized spacial score (nSPS) is 11.2. The molecule has 0 atom stereocenters. The number of nitrogens with zero attached hydrogens (tertiary/aromatic N) is 1. The van der Waals surface area contributed by atoms with Crippen LogP contribution in [-0.4, -0.2) is 30.8 Å². The summed E-state index contributed by atoms with van der Waals surface area (Å²) in [6.07, 6.45) is 1.12. The third-order valence-corrected chi connectivity index (χ3v) is 5.46. The van der Waals surface area contributed by atoms with Gasteiger partial charge in [-0.05, 0) is 58.4 Å². The predicted octanol–water partition coefficient (Wildman–Crippen LogP) is 5.92. The largest absolute Gasteiger partial charge is 0.345 e. The molecule has 0 saturated heterocycles. The zero-order valence-electron chi connectivity index (χ0n) is 19.6. The highest BCUT2D eigenvalue weighted by Crippen LogP contribution is 2.25. The fraction of sp³-hybridized carbons (Fsp3) is 0.286. The van der Waals surface area contributed by atoms with Crippen LogP contribution >= 0.6 is 0 Å². The molecule has 0 bridgehead atoms. The molecule has 0 saturated carbocycles. The first-order valence-corrected chi connectivity index (χ1v) is 10.9. The van der Waals surface area contributed by atoms with Crippen LogP contribution in [-0.2, 0) is 16.6 Å². The minimum Gasteiger partial charge on any atom is -0.345 e. The van der Waals surface area contributed by atoms with Crippen LogP contribution in [0.1, 0.15) is 48.7 Å². The van der Waals surface area contributed by atoms with Crippen molar-refractivity contribution in [1.82, 2.24) is 4.90 Å². The summed E-state index contributed by atoms with van der Waals surface area (Å²) in [7, 11) is 3.48. The second-order valence-electron chi connectivity index (χ2n) is 9.36. The molecule has 1 N–H and O–H groups in total. The van der Waals surface area contributed by atoms with E-state index in [1.807, 2.05) is 48.5 Å². The summed E-state index contributed by atoms with van der Waals surface area (Å²) in [6, 6.07) is 23.8. The molecule has 0 radical (unpaired) electrons. The first kappa shape index (κ1) is 23.3. The zero-order chi connectivity index (χ0) is 23.3. The van der Waals surface area contributed by atoms with Crippen LogP contribution in [0.2, 0.25) is 0 Å². The summed E-state index contributed by atoms with van der Waals surface area (Å²) in [4.78, 5) is 26.3. The van der Waals surface area contributed by atoms with Crippen LogP contribution in [0.5, 0.6) is 0 Å². The number of hydrogen-bond donors (Lipinski definition) is 1. The number of anilines is 1. The lowest BCUT2D eigenvalue weighted by atomic mass is 9.86. The summed E-state index contributed by atoms with van der Waals surface area (Å²) in [5.41, 5.74) is 5.85. The molecular formula is C28H32N2O2. The molecule has 0 unspecified atom stereocenters. The van der Waals surface area contributed by atoms with E-state index >= 15 is 0 Å². The van der Waals surface area contributed by atoms with Gasteiger partial charge in [-0.2, -0.15) is 0 Å². The van der Waals surface area contributed by atoms with Crippen LogP contribution in [0.4, 0.5) is 5.69 Å². The molecule has 4 nitrogen and oxygen atoms in total. The topological polar surface area (TPSA) is 49.4 Å². The molecule has 166 valence electrons. The van der Waals surface area contributed by atoms with E-state index in [2.05, 4.69) is 50.4 Å². The second-order valence-corrected chi connectivity index (χ2v) is 9.36. The first-order chi connectivity index (χ1) is 15.1. The van der Waals surface area contributed by atoms with Gasteiger partial charge in [0, 0.05) is 31.8 Å². The van der Waals surface area contributed by atoms with Gasteiger partial charge in [0.05, 0.1) is 0 Å². The molecule has 3 aromatic rings. The summed E-state index contributed by atoms with van der Waals surface area (Å²) in [6.45, 7) is 6.58. The van der Waals surface area contributed by atoms with Crippen molar-refractivity contribution >= 4 is 17.5 Å². The minimum atomic E-state index is -0.0353. The molecule has 0 spiro atoms. The molecule has 0 fully saturated rings. The molecule has 0 heterocycles. The van der Waals surface area contributed by atoms with Crippen molar-refractivity contribution in [3.63, 3.8) is 0 Å². The van der Waals surface area contributed by atoms with Gasteiger partial charge in [-0.1, -0.05) is 69.3 Å². The number of hydrogen-bond acceptors (Lipinski definition) is 2. The Morgan fingerprint density at radius 3 is 2.09 bits per heavy atom. The molecule has 0 aliphatic carbocycles. The van der Waals surface area contributed by atoms with Gasteiger partial charge < -0.3 is 10.2 Å². The van der Waals surface area contributed by atoms with E-state index in [-0.39, 0.29) is 17.2 Å². The number of benzene rings is 3. The molecule has 3 rings (SSSR count). The monoisotopic (exact) mass is 428 g/mol. The molecule has 3 aromatic carbocycles. The van der Waals surface area contributed by atoms with Gasteiger partial charge >= 0.3 is 0 Å². The Morgan fingerprint density at radius 2 is 1.47 bits per heavy atom. The van der Waals surface area contributed by atoms with Crippen LogP contribution in [0.15, 0.2) is 72.8 Å². The van der Waals surface area contributed by atoms with Gasteiger partial charge in [0.1, 0.15) is 0 Å². The number of carbonyl (C=O) groups excluding carboxylic acids is 2. The van der Waals surface area contributed by atoms with Gasteiger partial charge in [0.25, 0.3) is 5.91 Å². The van der Waals surface area contributed by atoms with E-state index < -0.39 is 0 Å². The molecule has 32 heavy (non-hydrogen) atoms. The van der Waals surface area contributed by atoms with Crippen molar-refractivity contribution in [2.45, 2.75) is 39.0 Å². The fourth-order valence-corrected chi connectivity index (χ4v) is 3.52. The SMILES string of the molecule is CN(C)C(=O)c1cccc(-c2cccc(NC(=O)CCc3ccc(C(C)(C)C)cc3)c2)c1. The van der Waals surface area contributed by atoms with E-state index in [9.17, 15) is 9.59 Å². The van der Waals surface area contributed by atoms with Crippen molar-refractivity contribution < 1.29 is 9.59 Å². The number of rotatable bonds is 6. The van der Waals surface area contributed by atoms with Crippen LogP contribution in [0.25, 0.3) is 11.1 Å². The summed E-state index contributed by atoms with van der Waals surface area (Å²) in [5, 5.41) is 3.00. The molecular weight excluding hydrogens is 396 g/mol. The molecule has 2 amide bonds. The lowest BCUT2D eigenvalue weighted by Crippen LogP contribution is -2.21. The maximum atomic E-state index is 12.5. The third kappa shape index (κ3) is 6.07. The van der Waals surface area contributed by atoms with Crippen LogP contribution in [0, 0.1) is 0 Å². The number of aryl methyl sites for hydroxylation is 1. The second kappa shape index (κ2) is 9.82. The highest BCUT2D eigenvalue weighted by atomic mass is 16.2.